The number of hydrogen-bond acceptors (Lipinski definition) is 2. The van der Waals surface area contributed by atoms with Gasteiger partial charge >= 0.3 is 6.03 Å². The molecule has 6 nitrogen and oxygen atoms in total. The van der Waals surface area contributed by atoms with Crippen LogP contribution >= 0.6 is 11.6 Å². The molecule has 1 N–H and O–H groups in total. The first-order chi connectivity index (χ1) is 18.9. The molecule has 39 heavy (non-hydrogen) atoms. The summed E-state index contributed by atoms with van der Waals surface area (Å²) in [4.78, 5) is 31.2. The smallest absolute Gasteiger partial charge is 0.316 e. The van der Waals surface area contributed by atoms with Crippen molar-refractivity contribution in [2.45, 2.75) is 39.7 Å². The molecule has 200 valence electrons. The number of nitrogens with one attached hydrogen (secondary N) is 1. The van der Waals surface area contributed by atoms with E-state index in [4.69, 9.17) is 11.6 Å². The fourth-order valence-electron chi connectivity index (χ4n) is 5.21. The van der Waals surface area contributed by atoms with E-state index in [2.05, 4.69) is 16.8 Å². The van der Waals surface area contributed by atoms with Gasteiger partial charge in [-0.2, -0.15) is 0 Å². The number of urea groups is 1. The van der Waals surface area contributed by atoms with Gasteiger partial charge in [0.15, 0.2) is 0 Å². The SMILES string of the molecule is CCCCN(CC(=O)N1c2ccccc2-n2cccc2C1c1ccc(Cl)cc1)C(=O)Nc1ccc(C)cc1C. The summed E-state index contributed by atoms with van der Waals surface area (Å²) in [5.41, 5.74) is 6.52. The molecule has 1 aliphatic rings. The average Bonchev–Trinajstić information content (AvgIpc) is 3.42. The van der Waals surface area contributed by atoms with Gasteiger partial charge < -0.3 is 14.8 Å². The number of halogens is 1. The highest BCUT2D eigenvalue weighted by Crippen LogP contribution is 2.42. The second kappa shape index (κ2) is 11.4. The Balaban J connectivity index is 1.50. The number of carbonyl (C=O) groups is 2. The van der Waals surface area contributed by atoms with E-state index in [9.17, 15) is 9.59 Å². The molecule has 7 heteroatoms. The highest BCUT2D eigenvalue weighted by Gasteiger charge is 2.37. The van der Waals surface area contributed by atoms with E-state index in [0.29, 0.717) is 11.6 Å². The van der Waals surface area contributed by atoms with Crippen LogP contribution in [0.1, 0.15) is 48.2 Å². The number of hydrogen-bond donors (Lipinski definition) is 1. The predicted octanol–water partition coefficient (Wildman–Crippen LogP) is 7.52. The highest BCUT2D eigenvalue weighted by molar-refractivity contribution is 6.30. The third kappa shape index (κ3) is 5.43. The standard InChI is InChI=1S/C32H33ClN4O2/c1-4-5-18-35(32(39)34-26-17-12-22(2)20-23(26)3)21-30(38)37-28-10-7-6-9-27(28)36-19-8-11-29(36)31(37)24-13-15-25(33)16-14-24/h6-17,19-20,31H,4-5,18,21H2,1-3H3,(H,34,39). The topological polar surface area (TPSA) is 57.6 Å². The minimum Gasteiger partial charge on any atom is -0.316 e. The number of rotatable bonds is 7. The van der Waals surface area contributed by atoms with Gasteiger partial charge in [-0.3, -0.25) is 9.69 Å². The molecule has 0 bridgehead atoms. The molecule has 1 unspecified atom stereocenters. The number of carbonyl (C=O) groups excluding carboxylic acids is 2. The second-order valence-electron chi connectivity index (χ2n) is 10.0. The lowest BCUT2D eigenvalue weighted by molar-refractivity contribution is -0.119. The van der Waals surface area contributed by atoms with Gasteiger partial charge in [0.25, 0.3) is 0 Å². The minimum atomic E-state index is -0.366. The Morgan fingerprint density at radius 1 is 0.949 bits per heavy atom. The van der Waals surface area contributed by atoms with Crippen molar-refractivity contribution in [3.63, 3.8) is 0 Å². The van der Waals surface area contributed by atoms with Crippen LogP contribution < -0.4 is 10.2 Å². The maximum Gasteiger partial charge on any atom is 0.322 e. The zero-order chi connectivity index (χ0) is 27.5. The fraction of sp³-hybridized carbons (Fsp3) is 0.250. The largest absolute Gasteiger partial charge is 0.322 e. The van der Waals surface area contributed by atoms with Crippen molar-refractivity contribution in [3.05, 3.63) is 112 Å². The number of para-hydroxylation sites is 2. The summed E-state index contributed by atoms with van der Waals surface area (Å²) in [5, 5.41) is 3.67. The first-order valence-corrected chi connectivity index (χ1v) is 13.7. The first kappa shape index (κ1) is 26.6. The number of amides is 3. The van der Waals surface area contributed by atoms with Crippen molar-refractivity contribution in [1.82, 2.24) is 9.47 Å². The Bertz CT molecular complexity index is 1490. The Labute approximate surface area is 234 Å². The molecule has 1 atom stereocenters. The number of nitrogens with zero attached hydrogens (tertiary/aromatic N) is 3. The summed E-state index contributed by atoms with van der Waals surface area (Å²) in [6.45, 7) is 6.51. The van der Waals surface area contributed by atoms with E-state index in [1.807, 2.05) is 104 Å². The molecular weight excluding hydrogens is 508 g/mol. The summed E-state index contributed by atoms with van der Waals surface area (Å²) < 4.78 is 2.13. The Morgan fingerprint density at radius 2 is 1.69 bits per heavy atom. The van der Waals surface area contributed by atoms with Gasteiger partial charge in [0.2, 0.25) is 5.91 Å². The number of benzene rings is 3. The Kier molecular flexibility index (Phi) is 7.75. The summed E-state index contributed by atoms with van der Waals surface area (Å²) in [6, 6.07) is 24.8. The van der Waals surface area contributed by atoms with Crippen molar-refractivity contribution < 1.29 is 9.59 Å². The molecule has 3 amide bonds. The van der Waals surface area contributed by atoms with Gasteiger partial charge in [0, 0.05) is 23.5 Å². The molecule has 4 aromatic rings. The molecule has 0 aliphatic carbocycles. The van der Waals surface area contributed by atoms with Crippen LogP contribution in [-0.4, -0.2) is 34.5 Å². The van der Waals surface area contributed by atoms with Gasteiger partial charge in [-0.25, -0.2) is 4.79 Å². The van der Waals surface area contributed by atoms with Crippen LogP contribution in [0.4, 0.5) is 16.2 Å². The van der Waals surface area contributed by atoms with Crippen molar-refractivity contribution in [3.8, 4) is 5.69 Å². The molecule has 0 radical (unpaired) electrons. The van der Waals surface area contributed by atoms with Crippen LogP contribution in [0.15, 0.2) is 85.1 Å². The molecule has 0 saturated heterocycles. The van der Waals surface area contributed by atoms with E-state index in [1.165, 1.54) is 0 Å². The average molecular weight is 541 g/mol. The van der Waals surface area contributed by atoms with Crippen LogP contribution in [0, 0.1) is 13.8 Å². The lowest BCUT2D eigenvalue weighted by Crippen LogP contribution is -2.48. The molecule has 0 saturated carbocycles. The minimum absolute atomic E-state index is 0.0458. The molecule has 1 aliphatic heterocycles. The summed E-state index contributed by atoms with van der Waals surface area (Å²) in [5.74, 6) is -0.151. The molecule has 0 spiro atoms. The number of aryl methyl sites for hydroxylation is 2. The van der Waals surface area contributed by atoms with Crippen LogP contribution in [0.25, 0.3) is 5.69 Å². The monoisotopic (exact) mass is 540 g/mol. The van der Waals surface area contributed by atoms with Crippen LogP contribution in [0.3, 0.4) is 0 Å². The Morgan fingerprint density at radius 3 is 2.41 bits per heavy atom. The maximum absolute atomic E-state index is 14.3. The maximum atomic E-state index is 14.3. The van der Waals surface area contributed by atoms with Crippen molar-refractivity contribution in [2.24, 2.45) is 0 Å². The molecule has 1 aromatic heterocycles. The molecular formula is C32H33ClN4O2. The Hall–Kier alpha value is -4.03. The van der Waals surface area contributed by atoms with E-state index >= 15 is 0 Å². The first-order valence-electron chi connectivity index (χ1n) is 13.3. The van der Waals surface area contributed by atoms with Gasteiger partial charge in [-0.15, -0.1) is 0 Å². The quantitative estimate of drug-likeness (QED) is 0.263. The van der Waals surface area contributed by atoms with Gasteiger partial charge in [-0.1, -0.05) is 66.9 Å². The zero-order valence-corrected chi connectivity index (χ0v) is 23.3. The van der Waals surface area contributed by atoms with E-state index in [-0.39, 0.29) is 24.5 Å². The van der Waals surface area contributed by atoms with Gasteiger partial charge in [-0.05, 0) is 73.9 Å². The van der Waals surface area contributed by atoms with Crippen molar-refractivity contribution >= 4 is 34.9 Å². The van der Waals surface area contributed by atoms with Gasteiger partial charge in [0.1, 0.15) is 12.6 Å². The number of fused-ring (bicyclic) bond motifs is 3. The fourth-order valence-corrected chi connectivity index (χ4v) is 5.34. The second-order valence-corrected chi connectivity index (χ2v) is 10.5. The van der Waals surface area contributed by atoms with Crippen LogP contribution in [-0.2, 0) is 4.79 Å². The number of aromatic nitrogens is 1. The number of anilines is 2. The lowest BCUT2D eigenvalue weighted by Gasteiger charge is -2.39. The van der Waals surface area contributed by atoms with Crippen molar-refractivity contribution in [2.75, 3.05) is 23.3 Å². The van der Waals surface area contributed by atoms with E-state index in [0.717, 1.165) is 52.3 Å². The summed E-state index contributed by atoms with van der Waals surface area (Å²) in [6.07, 6.45) is 3.73. The van der Waals surface area contributed by atoms with Crippen molar-refractivity contribution in [1.29, 1.82) is 0 Å². The molecule has 2 heterocycles. The summed E-state index contributed by atoms with van der Waals surface area (Å²) in [7, 11) is 0. The normalized spacial score (nSPS) is 13.9. The third-order valence-corrected chi connectivity index (χ3v) is 7.44. The molecule has 3 aromatic carbocycles. The van der Waals surface area contributed by atoms with E-state index < -0.39 is 0 Å². The highest BCUT2D eigenvalue weighted by atomic mass is 35.5. The molecule has 5 rings (SSSR count). The summed E-state index contributed by atoms with van der Waals surface area (Å²) >= 11 is 6.21. The zero-order valence-electron chi connectivity index (χ0n) is 22.5. The predicted molar refractivity (Wildman–Crippen MR) is 158 cm³/mol. The van der Waals surface area contributed by atoms with Crippen LogP contribution in [0.2, 0.25) is 5.02 Å². The van der Waals surface area contributed by atoms with Gasteiger partial charge in [0.05, 0.1) is 17.1 Å². The molecule has 0 fully saturated rings. The number of unbranched alkanes of at least 4 members (excludes halogenated alkanes) is 1. The van der Waals surface area contributed by atoms with Crippen LogP contribution in [0.5, 0.6) is 0 Å². The third-order valence-electron chi connectivity index (χ3n) is 7.19. The lowest BCUT2D eigenvalue weighted by atomic mass is 9.97. The van der Waals surface area contributed by atoms with E-state index in [1.54, 1.807) is 4.90 Å².